The van der Waals surface area contributed by atoms with Gasteiger partial charge in [0.2, 0.25) is 0 Å². The maximum Gasteiger partial charge on any atom is 0.178 e. The van der Waals surface area contributed by atoms with Crippen LogP contribution in [0.1, 0.15) is 20.3 Å². The summed E-state index contributed by atoms with van der Waals surface area (Å²) in [4.78, 5) is 2.59. The molecule has 0 aromatic heterocycles. The molecule has 1 aliphatic heterocycles. The summed E-state index contributed by atoms with van der Waals surface area (Å²) in [5, 5.41) is 0. The zero-order chi connectivity index (χ0) is 15.5. The highest BCUT2D eigenvalue weighted by Gasteiger charge is 2.24. The number of anilines is 1. The largest absolute Gasteiger partial charge is 0.370 e. The minimum Gasteiger partial charge on any atom is -0.370 e. The van der Waals surface area contributed by atoms with Crippen LogP contribution in [0, 0.1) is 0 Å². The molecule has 2 N–H and O–H groups in total. The van der Waals surface area contributed by atoms with Crippen LogP contribution in [0.4, 0.5) is 5.69 Å². The van der Waals surface area contributed by atoms with Crippen molar-refractivity contribution < 1.29 is 13.2 Å². The van der Waals surface area contributed by atoms with Crippen LogP contribution in [0.3, 0.4) is 0 Å². The summed E-state index contributed by atoms with van der Waals surface area (Å²) in [6.07, 6.45) is 0.775. The van der Waals surface area contributed by atoms with Crippen LogP contribution < -0.4 is 10.6 Å². The van der Waals surface area contributed by atoms with Gasteiger partial charge in [0.1, 0.15) is 0 Å². The smallest absolute Gasteiger partial charge is 0.178 e. The Labute approximate surface area is 127 Å². The summed E-state index contributed by atoms with van der Waals surface area (Å²) in [5.41, 5.74) is 6.70. The molecule has 1 heterocycles. The van der Waals surface area contributed by atoms with Gasteiger partial charge in [-0.05, 0) is 37.6 Å². The molecule has 0 spiro atoms. The molecular formula is C15H24N2O3S. The highest BCUT2D eigenvalue weighted by atomic mass is 32.2. The van der Waals surface area contributed by atoms with E-state index in [9.17, 15) is 8.42 Å². The zero-order valence-electron chi connectivity index (χ0n) is 12.7. The summed E-state index contributed by atoms with van der Waals surface area (Å²) in [5.74, 6) is 0.191. The van der Waals surface area contributed by atoms with Crippen molar-refractivity contribution in [2.45, 2.75) is 37.4 Å². The second-order valence-corrected chi connectivity index (χ2v) is 7.63. The molecular weight excluding hydrogens is 288 g/mol. The van der Waals surface area contributed by atoms with E-state index in [-0.39, 0.29) is 18.0 Å². The number of nitrogens with two attached hydrogens (primary N) is 1. The Morgan fingerprint density at radius 1 is 1.29 bits per heavy atom. The molecule has 21 heavy (non-hydrogen) atoms. The lowest BCUT2D eigenvalue weighted by Gasteiger charge is -2.37. The normalized spacial score (nSPS) is 23.3. The van der Waals surface area contributed by atoms with E-state index < -0.39 is 9.84 Å². The molecule has 2 unspecified atom stereocenters. The monoisotopic (exact) mass is 312 g/mol. The first kappa shape index (κ1) is 16.3. The van der Waals surface area contributed by atoms with Gasteiger partial charge in [-0.15, -0.1) is 0 Å². The molecule has 1 aromatic rings. The van der Waals surface area contributed by atoms with Gasteiger partial charge >= 0.3 is 0 Å². The van der Waals surface area contributed by atoms with Crippen LogP contribution in [0.2, 0.25) is 0 Å². The molecule has 0 saturated carbocycles. The fraction of sp³-hybridized carbons (Fsp3) is 0.600. The van der Waals surface area contributed by atoms with Gasteiger partial charge in [0.25, 0.3) is 0 Å². The van der Waals surface area contributed by atoms with E-state index in [1.54, 1.807) is 12.1 Å². The van der Waals surface area contributed by atoms with Crippen molar-refractivity contribution in [1.82, 2.24) is 0 Å². The third kappa shape index (κ3) is 3.96. The maximum atomic E-state index is 12.0. The third-order valence-corrected chi connectivity index (χ3v) is 5.56. The third-order valence-electron chi connectivity index (χ3n) is 3.62. The second-order valence-electron chi connectivity index (χ2n) is 5.52. The predicted octanol–water partition coefficient (Wildman–Crippen LogP) is 1.42. The van der Waals surface area contributed by atoms with Crippen molar-refractivity contribution in [2.75, 3.05) is 30.3 Å². The highest BCUT2D eigenvalue weighted by Crippen LogP contribution is 2.22. The molecule has 1 aliphatic rings. The number of hydrogen-bond donors (Lipinski definition) is 1. The molecule has 0 radical (unpaired) electrons. The molecule has 1 saturated heterocycles. The Hall–Kier alpha value is -1.11. The average Bonchev–Trinajstić information content (AvgIpc) is 2.46. The van der Waals surface area contributed by atoms with Crippen LogP contribution in [0.5, 0.6) is 0 Å². The van der Waals surface area contributed by atoms with Gasteiger partial charge in [0.05, 0.1) is 22.9 Å². The zero-order valence-corrected chi connectivity index (χ0v) is 13.5. The van der Waals surface area contributed by atoms with Gasteiger partial charge in [-0.1, -0.05) is 6.92 Å². The van der Waals surface area contributed by atoms with E-state index in [4.69, 9.17) is 10.5 Å². The first-order valence-corrected chi connectivity index (χ1v) is 9.04. The van der Waals surface area contributed by atoms with Crippen molar-refractivity contribution >= 4 is 15.5 Å². The Kier molecular flexibility index (Phi) is 5.24. The van der Waals surface area contributed by atoms with E-state index in [0.717, 1.165) is 18.8 Å². The number of benzene rings is 1. The maximum absolute atomic E-state index is 12.0. The van der Waals surface area contributed by atoms with E-state index in [1.807, 2.05) is 26.0 Å². The number of ether oxygens (including phenoxy) is 1. The van der Waals surface area contributed by atoms with Crippen molar-refractivity contribution in [3.63, 3.8) is 0 Å². The van der Waals surface area contributed by atoms with Gasteiger partial charge < -0.3 is 15.4 Å². The quantitative estimate of drug-likeness (QED) is 0.890. The Bertz CT molecular complexity index is 557. The SMILES string of the molecule is CCCS(=O)(=O)c1ccc(N2CC(C)OC(CN)C2)cc1. The van der Waals surface area contributed by atoms with E-state index in [0.29, 0.717) is 17.9 Å². The van der Waals surface area contributed by atoms with Crippen molar-refractivity contribution in [1.29, 1.82) is 0 Å². The minimum atomic E-state index is -3.15. The number of morpholine rings is 1. The summed E-state index contributed by atoms with van der Waals surface area (Å²) >= 11 is 0. The molecule has 118 valence electrons. The van der Waals surface area contributed by atoms with Crippen LogP contribution >= 0.6 is 0 Å². The van der Waals surface area contributed by atoms with Gasteiger partial charge in [0, 0.05) is 25.3 Å². The molecule has 1 fully saturated rings. The Balaban J connectivity index is 2.15. The van der Waals surface area contributed by atoms with Crippen molar-refractivity contribution in [2.24, 2.45) is 5.73 Å². The van der Waals surface area contributed by atoms with Gasteiger partial charge in [-0.25, -0.2) is 8.42 Å². The first-order valence-electron chi connectivity index (χ1n) is 7.39. The Morgan fingerprint density at radius 2 is 1.95 bits per heavy atom. The first-order chi connectivity index (χ1) is 9.96. The highest BCUT2D eigenvalue weighted by molar-refractivity contribution is 7.91. The topological polar surface area (TPSA) is 72.6 Å². The van der Waals surface area contributed by atoms with Gasteiger partial charge in [-0.3, -0.25) is 0 Å². The summed E-state index contributed by atoms with van der Waals surface area (Å²) in [6.45, 7) is 5.91. The second kappa shape index (κ2) is 6.77. The summed E-state index contributed by atoms with van der Waals surface area (Å²) in [6, 6.07) is 7.12. The molecule has 2 atom stereocenters. The molecule has 6 heteroatoms. The molecule has 0 aliphatic carbocycles. The fourth-order valence-electron chi connectivity index (χ4n) is 2.64. The summed E-state index contributed by atoms with van der Waals surface area (Å²) < 4.78 is 29.8. The van der Waals surface area contributed by atoms with E-state index in [1.165, 1.54) is 0 Å². The number of nitrogens with zero attached hydrogens (tertiary/aromatic N) is 1. The lowest BCUT2D eigenvalue weighted by atomic mass is 10.2. The van der Waals surface area contributed by atoms with Crippen LogP contribution in [-0.2, 0) is 14.6 Å². The molecule has 1 aromatic carbocycles. The lowest BCUT2D eigenvalue weighted by molar-refractivity contribution is -0.0104. The number of rotatable bonds is 5. The predicted molar refractivity (Wildman–Crippen MR) is 84.4 cm³/mol. The number of hydrogen-bond acceptors (Lipinski definition) is 5. The van der Waals surface area contributed by atoms with Gasteiger partial charge in [-0.2, -0.15) is 0 Å². The van der Waals surface area contributed by atoms with Crippen LogP contribution in [0.25, 0.3) is 0 Å². The Morgan fingerprint density at radius 3 is 2.52 bits per heavy atom. The molecule has 0 amide bonds. The lowest BCUT2D eigenvalue weighted by Crippen LogP contribution is -2.49. The molecule has 2 rings (SSSR count). The van der Waals surface area contributed by atoms with E-state index in [2.05, 4.69) is 4.90 Å². The van der Waals surface area contributed by atoms with Crippen molar-refractivity contribution in [3.05, 3.63) is 24.3 Å². The van der Waals surface area contributed by atoms with E-state index >= 15 is 0 Å². The fourth-order valence-corrected chi connectivity index (χ4v) is 3.96. The number of sulfone groups is 1. The summed E-state index contributed by atoms with van der Waals surface area (Å²) in [7, 11) is -3.15. The molecule has 5 nitrogen and oxygen atoms in total. The van der Waals surface area contributed by atoms with Crippen LogP contribution in [-0.4, -0.2) is 46.0 Å². The standard InChI is InChI=1S/C15H24N2O3S/c1-3-8-21(18,19)15-6-4-13(5-7-15)17-10-12(2)20-14(9-16)11-17/h4-7,12,14H,3,8-11,16H2,1-2H3. The average molecular weight is 312 g/mol. The van der Waals surface area contributed by atoms with Crippen LogP contribution in [0.15, 0.2) is 29.2 Å². The van der Waals surface area contributed by atoms with Crippen molar-refractivity contribution in [3.8, 4) is 0 Å². The minimum absolute atomic E-state index is 0.0252. The molecule has 0 bridgehead atoms. The van der Waals surface area contributed by atoms with Gasteiger partial charge in [0.15, 0.2) is 9.84 Å².